The summed E-state index contributed by atoms with van der Waals surface area (Å²) in [6.07, 6.45) is 2.44. The van der Waals surface area contributed by atoms with Crippen molar-refractivity contribution in [3.63, 3.8) is 0 Å². The van der Waals surface area contributed by atoms with Crippen molar-refractivity contribution >= 4 is 17.3 Å². The molecule has 0 spiro atoms. The number of hydrogen-bond donors (Lipinski definition) is 0. The zero-order valence-corrected chi connectivity index (χ0v) is 12.6. The van der Waals surface area contributed by atoms with Gasteiger partial charge in [0.1, 0.15) is 11.6 Å². The first-order valence-electron chi connectivity index (χ1n) is 7.54. The molecule has 20 heavy (non-hydrogen) atoms. The molecule has 0 radical (unpaired) electrons. The van der Waals surface area contributed by atoms with Crippen LogP contribution in [0.15, 0.2) is 6.07 Å². The van der Waals surface area contributed by atoms with E-state index in [4.69, 9.17) is 11.6 Å². The molecule has 0 saturated carbocycles. The normalized spacial score (nSPS) is 22.2. The van der Waals surface area contributed by atoms with Gasteiger partial charge in [-0.25, -0.2) is 9.83 Å². The molecular weight excluding hydrogens is 248 g/mol. The number of aromatic nitrogens is 1. The molecule has 4 heteroatoms. The Bertz CT molecular complexity index is 554. The van der Waals surface area contributed by atoms with Crippen LogP contribution in [-0.2, 0) is 0 Å². The van der Waals surface area contributed by atoms with Crippen molar-refractivity contribution in [2.45, 2.75) is 39.7 Å². The van der Waals surface area contributed by atoms with Crippen molar-refractivity contribution in [2.24, 2.45) is 5.92 Å². The van der Waals surface area contributed by atoms with Gasteiger partial charge < -0.3 is 9.80 Å². The Morgan fingerprint density at radius 2 is 2.20 bits per heavy atom. The predicted molar refractivity (Wildman–Crippen MR) is 82.7 cm³/mol. The van der Waals surface area contributed by atoms with Crippen LogP contribution >= 0.6 is 0 Å². The molecule has 2 fully saturated rings. The van der Waals surface area contributed by atoms with Crippen LogP contribution in [0.1, 0.15) is 32.3 Å². The molecule has 2 saturated heterocycles. The molecule has 0 amide bonds. The van der Waals surface area contributed by atoms with Gasteiger partial charge in [0.05, 0.1) is 6.57 Å². The van der Waals surface area contributed by atoms with Gasteiger partial charge in [0.2, 0.25) is 5.69 Å². The van der Waals surface area contributed by atoms with Crippen molar-refractivity contribution in [1.29, 1.82) is 0 Å². The van der Waals surface area contributed by atoms with Crippen molar-refractivity contribution in [3.05, 3.63) is 23.0 Å². The molecule has 1 aromatic rings. The van der Waals surface area contributed by atoms with Gasteiger partial charge in [-0.15, -0.1) is 0 Å². The molecule has 0 aromatic carbocycles. The van der Waals surface area contributed by atoms with Crippen LogP contribution in [0.5, 0.6) is 0 Å². The van der Waals surface area contributed by atoms with Gasteiger partial charge in [0.25, 0.3) is 0 Å². The van der Waals surface area contributed by atoms with Crippen molar-refractivity contribution in [1.82, 2.24) is 4.98 Å². The van der Waals surface area contributed by atoms with Gasteiger partial charge in [-0.1, -0.05) is 6.92 Å². The fourth-order valence-electron chi connectivity index (χ4n) is 2.98. The predicted octanol–water partition coefficient (Wildman–Crippen LogP) is 3.39. The maximum absolute atomic E-state index is 7.43. The van der Waals surface area contributed by atoms with E-state index in [9.17, 15) is 0 Å². The quantitative estimate of drug-likeness (QED) is 0.787. The lowest BCUT2D eigenvalue weighted by Gasteiger charge is -2.43. The van der Waals surface area contributed by atoms with Gasteiger partial charge in [0, 0.05) is 25.7 Å². The average molecular weight is 270 g/mol. The number of anilines is 2. The van der Waals surface area contributed by atoms with E-state index >= 15 is 0 Å². The molecule has 0 bridgehead atoms. The maximum atomic E-state index is 7.43. The van der Waals surface area contributed by atoms with Crippen LogP contribution in [0.3, 0.4) is 0 Å². The third-order valence-corrected chi connectivity index (χ3v) is 4.71. The second-order valence-corrected chi connectivity index (χ2v) is 6.09. The zero-order chi connectivity index (χ0) is 14.3. The van der Waals surface area contributed by atoms with Gasteiger partial charge in [-0.3, -0.25) is 0 Å². The molecule has 4 nitrogen and oxygen atoms in total. The SMILES string of the molecule is [C-]#[N+]c1c(C)cc(N2CC(CC)C2)nc1N1CC[C@@H]1C. The molecule has 0 N–H and O–H groups in total. The largest absolute Gasteiger partial charge is 0.362 e. The van der Waals surface area contributed by atoms with E-state index in [1.807, 2.05) is 6.92 Å². The van der Waals surface area contributed by atoms with Gasteiger partial charge >= 0.3 is 0 Å². The molecule has 1 atom stereocenters. The minimum atomic E-state index is 0.512. The highest BCUT2D eigenvalue weighted by Gasteiger charge is 2.31. The zero-order valence-electron chi connectivity index (χ0n) is 12.6. The summed E-state index contributed by atoms with van der Waals surface area (Å²) in [5.74, 6) is 2.76. The molecule has 3 rings (SSSR count). The molecule has 1 aromatic heterocycles. The number of aryl methyl sites for hydroxylation is 1. The van der Waals surface area contributed by atoms with E-state index in [2.05, 4.69) is 34.6 Å². The Labute approximate surface area is 121 Å². The smallest absolute Gasteiger partial charge is 0.231 e. The van der Waals surface area contributed by atoms with Crippen molar-refractivity contribution in [3.8, 4) is 0 Å². The van der Waals surface area contributed by atoms with E-state index in [1.54, 1.807) is 0 Å². The molecule has 3 heterocycles. The van der Waals surface area contributed by atoms with Gasteiger partial charge in [-0.2, -0.15) is 0 Å². The molecular formula is C16H22N4. The average Bonchev–Trinajstić information content (AvgIpc) is 2.35. The topological polar surface area (TPSA) is 23.7 Å². The number of pyridine rings is 1. The molecule has 106 valence electrons. The maximum Gasteiger partial charge on any atom is 0.231 e. The van der Waals surface area contributed by atoms with Crippen LogP contribution in [0.4, 0.5) is 17.3 Å². The summed E-state index contributed by atoms with van der Waals surface area (Å²) >= 11 is 0. The second-order valence-electron chi connectivity index (χ2n) is 6.09. The Kier molecular flexibility index (Phi) is 3.29. The number of nitrogens with zero attached hydrogens (tertiary/aromatic N) is 4. The number of rotatable bonds is 3. The summed E-state index contributed by atoms with van der Waals surface area (Å²) in [7, 11) is 0. The molecule has 0 aliphatic carbocycles. The second kappa shape index (κ2) is 4.97. The lowest BCUT2D eigenvalue weighted by molar-refractivity contribution is 0.395. The van der Waals surface area contributed by atoms with E-state index in [0.29, 0.717) is 6.04 Å². The van der Waals surface area contributed by atoms with Gasteiger partial charge in [-0.05, 0) is 44.2 Å². The van der Waals surface area contributed by atoms with E-state index in [0.717, 1.165) is 48.4 Å². The summed E-state index contributed by atoms with van der Waals surface area (Å²) in [5.41, 5.74) is 1.78. The summed E-state index contributed by atoms with van der Waals surface area (Å²) in [4.78, 5) is 13.1. The van der Waals surface area contributed by atoms with Crippen LogP contribution in [0, 0.1) is 19.4 Å². The Hall–Kier alpha value is -1.76. The fraction of sp³-hybridized carbons (Fsp3) is 0.625. The Morgan fingerprint density at radius 1 is 1.45 bits per heavy atom. The first-order chi connectivity index (χ1) is 9.63. The standard InChI is InChI=1S/C16H22N4/c1-5-13-9-19(10-13)14-8-11(2)15(17-4)16(18-14)20-7-6-12(20)3/h8,12-13H,5-7,9-10H2,1-3H3/t12-/m0/s1. The fourth-order valence-corrected chi connectivity index (χ4v) is 2.98. The van der Waals surface area contributed by atoms with E-state index in [-0.39, 0.29) is 0 Å². The molecule has 2 aliphatic rings. The first kappa shape index (κ1) is 13.2. The Balaban J connectivity index is 1.92. The highest BCUT2D eigenvalue weighted by atomic mass is 15.3. The third-order valence-electron chi connectivity index (χ3n) is 4.71. The summed E-state index contributed by atoms with van der Waals surface area (Å²) in [5, 5.41) is 0. The first-order valence-corrected chi connectivity index (χ1v) is 7.54. The van der Waals surface area contributed by atoms with Gasteiger partial charge in [0.15, 0.2) is 0 Å². The van der Waals surface area contributed by atoms with Crippen molar-refractivity contribution in [2.75, 3.05) is 29.4 Å². The lowest BCUT2D eigenvalue weighted by Crippen LogP contribution is -2.48. The summed E-state index contributed by atoms with van der Waals surface area (Å²) < 4.78 is 0. The summed E-state index contributed by atoms with van der Waals surface area (Å²) in [6.45, 7) is 17.1. The lowest BCUT2D eigenvalue weighted by atomic mass is 9.97. The third kappa shape index (κ3) is 2.02. The highest BCUT2D eigenvalue weighted by molar-refractivity contribution is 5.74. The van der Waals surface area contributed by atoms with Crippen LogP contribution < -0.4 is 9.80 Å². The molecule has 0 unspecified atom stereocenters. The highest BCUT2D eigenvalue weighted by Crippen LogP contribution is 2.38. The van der Waals surface area contributed by atoms with E-state index in [1.165, 1.54) is 12.8 Å². The van der Waals surface area contributed by atoms with Crippen LogP contribution in [0.25, 0.3) is 4.85 Å². The van der Waals surface area contributed by atoms with Crippen LogP contribution in [-0.4, -0.2) is 30.7 Å². The summed E-state index contributed by atoms with van der Waals surface area (Å²) in [6, 6.07) is 2.59. The minimum absolute atomic E-state index is 0.512. The minimum Gasteiger partial charge on any atom is -0.362 e. The van der Waals surface area contributed by atoms with Crippen molar-refractivity contribution < 1.29 is 0 Å². The number of hydrogen-bond acceptors (Lipinski definition) is 3. The van der Waals surface area contributed by atoms with Crippen LogP contribution in [0.2, 0.25) is 0 Å². The molecule has 2 aliphatic heterocycles. The van der Waals surface area contributed by atoms with E-state index < -0.39 is 0 Å². The monoisotopic (exact) mass is 270 g/mol. The Morgan fingerprint density at radius 3 is 2.70 bits per heavy atom.